The number of hydrogen-bond donors (Lipinski definition) is 1. The summed E-state index contributed by atoms with van der Waals surface area (Å²) in [6.45, 7) is 4.06. The number of carbonyl (C=O) groups is 3. The van der Waals surface area contributed by atoms with Crippen LogP contribution < -0.4 is 4.74 Å². The minimum Gasteiger partial charge on any atom is -0.486 e. The van der Waals surface area contributed by atoms with Crippen LogP contribution in [0.5, 0.6) is 5.75 Å². The molecule has 3 aromatic carbocycles. The Kier molecular flexibility index (Phi) is 9.90. The van der Waals surface area contributed by atoms with Gasteiger partial charge in [-0.3, -0.25) is 9.59 Å². The van der Waals surface area contributed by atoms with Gasteiger partial charge in [-0.15, -0.1) is 0 Å². The first-order valence-corrected chi connectivity index (χ1v) is 14.1. The molecule has 1 aromatic heterocycles. The molecule has 0 aliphatic rings. The second-order valence-electron chi connectivity index (χ2n) is 10.4. The number of ketones is 2. The molecule has 4 rings (SSSR count). The number of ether oxygens (including phenoxy) is 1. The number of carbonyl (C=O) groups excluding carboxylic acids is 2. The predicted molar refractivity (Wildman–Crippen MR) is 158 cm³/mol. The molecule has 6 heteroatoms. The molecule has 0 bridgehead atoms. The fourth-order valence-electron chi connectivity index (χ4n) is 4.86. The molecule has 0 saturated carbocycles. The number of rotatable bonds is 15. The highest BCUT2D eigenvalue weighted by atomic mass is 16.5. The van der Waals surface area contributed by atoms with Crippen molar-refractivity contribution in [1.82, 2.24) is 4.57 Å². The zero-order valence-corrected chi connectivity index (χ0v) is 23.3. The first kappa shape index (κ1) is 28.8. The highest BCUT2D eigenvalue weighted by Crippen LogP contribution is 2.26. The number of unbranched alkanes of at least 4 members (excludes halogenated alkanes) is 5. The Morgan fingerprint density at radius 2 is 1.50 bits per heavy atom. The monoisotopic (exact) mass is 539 g/mol. The summed E-state index contributed by atoms with van der Waals surface area (Å²) in [7, 11) is 0. The van der Waals surface area contributed by atoms with Crippen molar-refractivity contribution in [2.24, 2.45) is 0 Å². The smallest absolute Gasteiger partial charge is 0.335 e. The summed E-state index contributed by atoms with van der Waals surface area (Å²) in [5.41, 5.74) is 3.85. The van der Waals surface area contributed by atoms with Crippen LogP contribution in [0, 0.1) is 6.92 Å². The van der Waals surface area contributed by atoms with Gasteiger partial charge in [-0.2, -0.15) is 0 Å². The minimum absolute atomic E-state index is 0.000209. The highest BCUT2D eigenvalue weighted by Gasteiger charge is 2.20. The van der Waals surface area contributed by atoms with Crippen LogP contribution in [-0.2, 0) is 17.8 Å². The molecule has 0 unspecified atom stereocenters. The molecule has 1 N–H and O–H groups in total. The Hall–Kier alpha value is -4.19. The van der Waals surface area contributed by atoms with Gasteiger partial charge in [-0.25, -0.2) is 4.79 Å². The molecular formula is C34H37NO5. The summed E-state index contributed by atoms with van der Waals surface area (Å²) in [4.78, 5) is 37.8. The summed E-state index contributed by atoms with van der Waals surface area (Å²) in [5, 5.41) is 9.99. The molecule has 0 aliphatic heterocycles. The molecule has 0 fully saturated rings. The van der Waals surface area contributed by atoms with Gasteiger partial charge in [0.15, 0.2) is 11.6 Å². The van der Waals surface area contributed by atoms with E-state index in [4.69, 9.17) is 4.74 Å². The first-order chi connectivity index (χ1) is 19.4. The third kappa shape index (κ3) is 7.47. The molecule has 0 radical (unpaired) electrons. The van der Waals surface area contributed by atoms with Crippen LogP contribution in [0.4, 0.5) is 0 Å². The fourth-order valence-corrected chi connectivity index (χ4v) is 4.86. The van der Waals surface area contributed by atoms with Crippen LogP contribution >= 0.6 is 0 Å². The van der Waals surface area contributed by atoms with Gasteiger partial charge in [0.25, 0.3) is 0 Å². The van der Waals surface area contributed by atoms with E-state index in [2.05, 4.69) is 6.92 Å². The van der Waals surface area contributed by atoms with E-state index >= 15 is 0 Å². The van der Waals surface area contributed by atoms with Crippen LogP contribution in [-0.4, -0.2) is 33.8 Å². The van der Waals surface area contributed by atoms with Crippen LogP contribution in [0.15, 0.2) is 72.9 Å². The maximum atomic E-state index is 13.3. The molecule has 0 spiro atoms. The third-order valence-electron chi connectivity index (χ3n) is 7.18. The van der Waals surface area contributed by atoms with Crippen molar-refractivity contribution in [2.45, 2.75) is 65.3 Å². The molecule has 4 aromatic rings. The Morgan fingerprint density at radius 3 is 2.20 bits per heavy atom. The number of hydrogen-bond acceptors (Lipinski definition) is 4. The molecule has 40 heavy (non-hydrogen) atoms. The lowest BCUT2D eigenvalue weighted by Crippen LogP contribution is -2.17. The zero-order chi connectivity index (χ0) is 28.5. The zero-order valence-electron chi connectivity index (χ0n) is 23.3. The number of nitrogens with zero attached hydrogens (tertiary/aromatic N) is 1. The molecule has 0 saturated heterocycles. The number of carboxylic acid groups (broad SMARTS) is 1. The SMILES string of the molecule is CCCCCCCCc1ccc(OCC(=O)Cn2cc(C(=O)c3ccc(C)cc3)c3cc(C(=O)O)ccc32)cc1. The predicted octanol–water partition coefficient (Wildman–Crippen LogP) is 7.43. The lowest BCUT2D eigenvalue weighted by atomic mass is 10.0. The van der Waals surface area contributed by atoms with Crippen molar-refractivity contribution in [3.63, 3.8) is 0 Å². The van der Waals surface area contributed by atoms with Crippen molar-refractivity contribution in [3.05, 3.63) is 101 Å². The van der Waals surface area contributed by atoms with Crippen LogP contribution in [0.3, 0.4) is 0 Å². The summed E-state index contributed by atoms with van der Waals surface area (Å²) >= 11 is 0. The quantitative estimate of drug-likeness (QED) is 0.125. The number of Topliss-reactive ketones (excluding diaryl/α,β-unsaturated/α-hetero) is 1. The number of fused-ring (bicyclic) bond motifs is 1. The van der Waals surface area contributed by atoms with E-state index in [0.717, 1.165) is 12.0 Å². The van der Waals surface area contributed by atoms with Gasteiger partial charge >= 0.3 is 5.97 Å². The van der Waals surface area contributed by atoms with E-state index in [9.17, 15) is 19.5 Å². The molecule has 0 atom stereocenters. The topological polar surface area (TPSA) is 85.6 Å². The number of benzene rings is 3. The Balaban J connectivity index is 1.41. The van der Waals surface area contributed by atoms with Crippen LogP contribution in [0.2, 0.25) is 0 Å². The average Bonchev–Trinajstić information content (AvgIpc) is 3.31. The molecule has 208 valence electrons. The number of aromatic carboxylic acids is 1. The standard InChI is InChI=1S/C34H37NO5/c1-3-4-5-6-7-8-9-25-12-17-29(18-13-25)40-23-28(36)21-35-22-31(33(37)26-14-10-24(2)11-15-26)30-20-27(34(38)39)16-19-32(30)35/h10-20,22H,3-9,21,23H2,1-2H3,(H,38,39). The van der Waals surface area contributed by atoms with Crippen LogP contribution in [0.1, 0.15) is 82.9 Å². The average molecular weight is 540 g/mol. The second kappa shape index (κ2) is 13.7. The normalized spacial score (nSPS) is 11.1. The van der Waals surface area contributed by atoms with Gasteiger partial charge in [-0.05, 0) is 55.7 Å². The van der Waals surface area contributed by atoms with Gasteiger partial charge in [0.2, 0.25) is 0 Å². The summed E-state index contributed by atoms with van der Waals surface area (Å²) < 4.78 is 7.45. The van der Waals surface area contributed by atoms with Gasteiger partial charge in [0.1, 0.15) is 12.4 Å². The molecule has 1 heterocycles. The molecule has 0 aliphatic carbocycles. The van der Waals surface area contributed by atoms with Gasteiger partial charge in [0, 0.05) is 28.2 Å². The summed E-state index contributed by atoms with van der Waals surface area (Å²) in [6.07, 6.45) is 10.3. The van der Waals surface area contributed by atoms with E-state index in [1.807, 2.05) is 43.3 Å². The Bertz CT molecular complexity index is 1470. The van der Waals surface area contributed by atoms with Crippen molar-refractivity contribution >= 4 is 28.4 Å². The molecular weight excluding hydrogens is 502 g/mol. The number of carboxylic acids is 1. The lowest BCUT2D eigenvalue weighted by molar-refractivity contribution is -0.121. The maximum Gasteiger partial charge on any atom is 0.335 e. The Morgan fingerprint density at radius 1 is 0.825 bits per heavy atom. The molecule has 6 nitrogen and oxygen atoms in total. The maximum absolute atomic E-state index is 13.3. The fraction of sp³-hybridized carbons (Fsp3) is 0.324. The van der Waals surface area contributed by atoms with E-state index in [1.165, 1.54) is 56.2 Å². The lowest BCUT2D eigenvalue weighted by Gasteiger charge is -2.08. The largest absolute Gasteiger partial charge is 0.486 e. The van der Waals surface area contributed by atoms with Gasteiger partial charge in [0.05, 0.1) is 12.1 Å². The molecule has 0 amide bonds. The van der Waals surface area contributed by atoms with Gasteiger partial charge in [-0.1, -0.05) is 81.0 Å². The van der Waals surface area contributed by atoms with Crippen molar-refractivity contribution in [3.8, 4) is 5.75 Å². The van der Waals surface area contributed by atoms with E-state index in [1.54, 1.807) is 29.0 Å². The van der Waals surface area contributed by atoms with Crippen molar-refractivity contribution in [2.75, 3.05) is 6.61 Å². The highest BCUT2D eigenvalue weighted by molar-refractivity contribution is 6.17. The van der Waals surface area contributed by atoms with Gasteiger partial charge < -0.3 is 14.4 Å². The van der Waals surface area contributed by atoms with Crippen molar-refractivity contribution < 1.29 is 24.2 Å². The number of aromatic nitrogens is 1. The van der Waals surface area contributed by atoms with Crippen molar-refractivity contribution in [1.29, 1.82) is 0 Å². The second-order valence-corrected chi connectivity index (χ2v) is 10.4. The summed E-state index contributed by atoms with van der Waals surface area (Å²) in [5.74, 6) is -0.828. The van der Waals surface area contributed by atoms with E-state index in [0.29, 0.717) is 27.8 Å². The third-order valence-corrected chi connectivity index (χ3v) is 7.18. The minimum atomic E-state index is -1.08. The van der Waals surface area contributed by atoms with E-state index < -0.39 is 5.97 Å². The summed E-state index contributed by atoms with van der Waals surface area (Å²) in [6, 6.07) is 19.7. The first-order valence-electron chi connectivity index (χ1n) is 14.1. The number of aryl methyl sites for hydroxylation is 2. The Labute approximate surface area is 235 Å². The van der Waals surface area contributed by atoms with E-state index in [-0.39, 0.29) is 30.3 Å². The van der Waals surface area contributed by atoms with Crippen LogP contribution in [0.25, 0.3) is 10.9 Å².